The highest BCUT2D eigenvalue weighted by molar-refractivity contribution is 7.99. The van der Waals surface area contributed by atoms with Gasteiger partial charge in [-0.25, -0.2) is 9.18 Å². The molecule has 1 atom stereocenters. The number of thioether (sulfide) groups is 1. The van der Waals surface area contributed by atoms with Crippen molar-refractivity contribution in [2.24, 2.45) is 0 Å². The van der Waals surface area contributed by atoms with Gasteiger partial charge in [-0.05, 0) is 48.4 Å². The first-order chi connectivity index (χ1) is 11.6. The molecular formula is C18H16FNO3S. The summed E-state index contributed by atoms with van der Waals surface area (Å²) < 4.78 is 18.2. The number of esters is 1. The van der Waals surface area contributed by atoms with Gasteiger partial charge in [0, 0.05) is 16.2 Å². The highest BCUT2D eigenvalue weighted by Gasteiger charge is 2.23. The van der Waals surface area contributed by atoms with Crippen LogP contribution < -0.4 is 5.32 Å². The second-order valence-corrected chi connectivity index (χ2v) is 6.55. The minimum atomic E-state index is -0.494. The topological polar surface area (TPSA) is 55.4 Å². The quantitative estimate of drug-likeness (QED) is 0.864. The zero-order valence-corrected chi connectivity index (χ0v) is 13.9. The summed E-state index contributed by atoms with van der Waals surface area (Å²) in [6.07, 6.45) is 0.726. The van der Waals surface area contributed by atoms with Crippen LogP contribution in [0.4, 0.5) is 4.39 Å². The lowest BCUT2D eigenvalue weighted by molar-refractivity contribution is 0.0600. The number of ether oxygens (including phenoxy) is 1. The molecule has 0 fully saturated rings. The van der Waals surface area contributed by atoms with Gasteiger partial charge in [0.1, 0.15) is 5.82 Å². The maximum Gasteiger partial charge on any atom is 0.337 e. The third-order valence-electron chi connectivity index (χ3n) is 3.86. The number of methoxy groups -OCH3 is 1. The van der Waals surface area contributed by atoms with Crippen LogP contribution in [0.5, 0.6) is 0 Å². The van der Waals surface area contributed by atoms with Gasteiger partial charge in [0.25, 0.3) is 5.91 Å². The van der Waals surface area contributed by atoms with Crippen LogP contribution in [-0.2, 0) is 4.74 Å². The molecule has 1 amide bonds. The van der Waals surface area contributed by atoms with Crippen molar-refractivity contribution >= 4 is 23.6 Å². The molecule has 1 aliphatic heterocycles. The van der Waals surface area contributed by atoms with Crippen LogP contribution >= 0.6 is 11.8 Å². The third-order valence-corrected chi connectivity index (χ3v) is 4.99. The largest absolute Gasteiger partial charge is 0.465 e. The molecule has 3 rings (SSSR count). The molecule has 0 aliphatic carbocycles. The highest BCUT2D eigenvalue weighted by Crippen LogP contribution is 2.36. The molecule has 0 bridgehead atoms. The van der Waals surface area contributed by atoms with Gasteiger partial charge in [-0.3, -0.25) is 4.79 Å². The molecule has 2 aromatic carbocycles. The van der Waals surface area contributed by atoms with E-state index in [2.05, 4.69) is 10.1 Å². The molecule has 6 heteroatoms. The van der Waals surface area contributed by atoms with Crippen molar-refractivity contribution < 1.29 is 18.7 Å². The molecule has 124 valence electrons. The molecule has 1 unspecified atom stereocenters. The first-order valence-corrected chi connectivity index (χ1v) is 8.48. The SMILES string of the molecule is COC(=O)c1cccc(C(=O)NC2CCSc3ccc(F)cc32)c1. The monoisotopic (exact) mass is 345 g/mol. The first-order valence-electron chi connectivity index (χ1n) is 7.50. The lowest BCUT2D eigenvalue weighted by Crippen LogP contribution is -2.30. The normalized spacial score (nSPS) is 16.2. The Hall–Kier alpha value is -2.34. The van der Waals surface area contributed by atoms with Crippen LogP contribution in [0.3, 0.4) is 0 Å². The predicted octanol–water partition coefficient (Wildman–Crippen LogP) is 3.58. The predicted molar refractivity (Wildman–Crippen MR) is 89.7 cm³/mol. The number of halogens is 1. The minimum Gasteiger partial charge on any atom is -0.465 e. The fourth-order valence-corrected chi connectivity index (χ4v) is 3.77. The Morgan fingerprint density at radius 3 is 2.79 bits per heavy atom. The number of fused-ring (bicyclic) bond motifs is 1. The van der Waals surface area contributed by atoms with E-state index in [0.717, 1.165) is 22.6 Å². The van der Waals surface area contributed by atoms with Crippen LogP contribution in [0.15, 0.2) is 47.4 Å². The summed E-state index contributed by atoms with van der Waals surface area (Å²) >= 11 is 1.65. The maximum atomic E-state index is 13.5. The molecule has 0 aromatic heterocycles. The number of hydrogen-bond donors (Lipinski definition) is 1. The number of carbonyl (C=O) groups excluding carboxylic acids is 2. The average molecular weight is 345 g/mol. The molecule has 1 heterocycles. The van der Waals surface area contributed by atoms with Gasteiger partial charge in [-0.1, -0.05) is 6.07 Å². The van der Waals surface area contributed by atoms with Crippen LogP contribution in [0.2, 0.25) is 0 Å². The van der Waals surface area contributed by atoms with E-state index < -0.39 is 5.97 Å². The Morgan fingerprint density at radius 1 is 1.21 bits per heavy atom. The highest BCUT2D eigenvalue weighted by atomic mass is 32.2. The summed E-state index contributed by atoms with van der Waals surface area (Å²) in [6.45, 7) is 0. The number of benzene rings is 2. The van der Waals surface area contributed by atoms with E-state index >= 15 is 0 Å². The summed E-state index contributed by atoms with van der Waals surface area (Å²) in [5.41, 5.74) is 1.48. The van der Waals surface area contributed by atoms with Crippen molar-refractivity contribution in [3.8, 4) is 0 Å². The molecule has 0 saturated heterocycles. The molecule has 2 aromatic rings. The summed E-state index contributed by atoms with van der Waals surface area (Å²) in [6, 6.07) is 10.7. The fourth-order valence-electron chi connectivity index (χ4n) is 2.66. The summed E-state index contributed by atoms with van der Waals surface area (Å²) in [5.74, 6) is -0.256. The number of carbonyl (C=O) groups is 2. The fraction of sp³-hybridized carbons (Fsp3) is 0.222. The zero-order valence-electron chi connectivity index (χ0n) is 13.0. The Morgan fingerprint density at radius 2 is 2.00 bits per heavy atom. The van der Waals surface area contributed by atoms with E-state index in [0.29, 0.717) is 11.1 Å². The molecule has 0 radical (unpaired) electrons. The van der Waals surface area contributed by atoms with E-state index in [-0.39, 0.29) is 17.8 Å². The Labute approximate surface area is 143 Å². The molecule has 0 spiro atoms. The lowest BCUT2D eigenvalue weighted by atomic mass is 10.0. The Balaban J connectivity index is 1.81. The lowest BCUT2D eigenvalue weighted by Gasteiger charge is -2.26. The van der Waals surface area contributed by atoms with Crippen molar-refractivity contribution in [3.05, 3.63) is 65.0 Å². The number of nitrogens with one attached hydrogen (secondary N) is 1. The van der Waals surface area contributed by atoms with Crippen LogP contribution in [0.1, 0.15) is 38.7 Å². The van der Waals surface area contributed by atoms with E-state index in [1.165, 1.54) is 25.3 Å². The van der Waals surface area contributed by atoms with Crippen molar-refractivity contribution in [3.63, 3.8) is 0 Å². The first kappa shape index (κ1) is 16.5. The number of hydrogen-bond acceptors (Lipinski definition) is 4. The van der Waals surface area contributed by atoms with E-state index in [4.69, 9.17) is 0 Å². The van der Waals surface area contributed by atoms with Gasteiger partial charge in [-0.15, -0.1) is 11.8 Å². The van der Waals surface area contributed by atoms with Gasteiger partial charge >= 0.3 is 5.97 Å². The number of rotatable bonds is 3. The standard InChI is InChI=1S/C18H16FNO3S/c1-23-18(22)12-4-2-3-11(9-12)17(21)20-15-7-8-24-16-6-5-13(19)10-14(15)16/h2-6,9-10,15H,7-8H2,1H3,(H,20,21). The molecule has 1 N–H and O–H groups in total. The van der Waals surface area contributed by atoms with Crippen LogP contribution in [-0.4, -0.2) is 24.7 Å². The van der Waals surface area contributed by atoms with Gasteiger partial charge in [0.2, 0.25) is 0 Å². The van der Waals surface area contributed by atoms with Crippen LogP contribution in [0.25, 0.3) is 0 Å². The summed E-state index contributed by atoms with van der Waals surface area (Å²) in [4.78, 5) is 25.1. The van der Waals surface area contributed by atoms with Gasteiger partial charge in [-0.2, -0.15) is 0 Å². The van der Waals surface area contributed by atoms with Crippen molar-refractivity contribution in [2.75, 3.05) is 12.9 Å². The van der Waals surface area contributed by atoms with Gasteiger partial charge < -0.3 is 10.1 Å². The number of amides is 1. The third kappa shape index (κ3) is 3.43. The Kier molecular flexibility index (Phi) is 4.85. The second kappa shape index (κ2) is 7.05. The molecule has 24 heavy (non-hydrogen) atoms. The summed E-state index contributed by atoms with van der Waals surface area (Å²) in [7, 11) is 1.29. The smallest absolute Gasteiger partial charge is 0.337 e. The van der Waals surface area contributed by atoms with E-state index in [9.17, 15) is 14.0 Å². The molecular weight excluding hydrogens is 329 g/mol. The Bertz CT molecular complexity index is 794. The van der Waals surface area contributed by atoms with Gasteiger partial charge in [0.15, 0.2) is 0 Å². The molecule has 4 nitrogen and oxygen atoms in total. The average Bonchev–Trinajstić information content (AvgIpc) is 2.61. The van der Waals surface area contributed by atoms with Crippen molar-refractivity contribution in [1.82, 2.24) is 5.32 Å². The molecule has 0 saturated carbocycles. The zero-order chi connectivity index (χ0) is 17.1. The van der Waals surface area contributed by atoms with Gasteiger partial charge in [0.05, 0.1) is 18.7 Å². The van der Waals surface area contributed by atoms with E-state index in [1.54, 1.807) is 36.0 Å². The molecule has 1 aliphatic rings. The van der Waals surface area contributed by atoms with Crippen molar-refractivity contribution in [2.45, 2.75) is 17.4 Å². The minimum absolute atomic E-state index is 0.244. The van der Waals surface area contributed by atoms with Crippen LogP contribution in [0, 0.1) is 5.82 Å². The van der Waals surface area contributed by atoms with Crippen molar-refractivity contribution in [1.29, 1.82) is 0 Å². The van der Waals surface area contributed by atoms with E-state index in [1.807, 2.05) is 0 Å². The maximum absolute atomic E-state index is 13.5. The second-order valence-electron chi connectivity index (χ2n) is 5.42. The summed E-state index contributed by atoms with van der Waals surface area (Å²) in [5, 5.41) is 2.93.